The highest BCUT2D eigenvalue weighted by Gasteiger charge is 2.11. The Bertz CT molecular complexity index is 339. The lowest BCUT2D eigenvalue weighted by molar-refractivity contribution is 0.0906. The number of halogens is 1. The Hall–Kier alpha value is -1.06. The zero-order chi connectivity index (χ0) is 11.3. The van der Waals surface area contributed by atoms with E-state index in [0.717, 1.165) is 6.29 Å². The summed E-state index contributed by atoms with van der Waals surface area (Å²) in [5, 5.41) is 0.433. The van der Waals surface area contributed by atoms with Crippen molar-refractivity contribution in [3.8, 4) is 5.75 Å². The van der Waals surface area contributed by atoms with Crippen LogP contribution in [0, 0.1) is 0 Å². The van der Waals surface area contributed by atoms with Gasteiger partial charge in [0.1, 0.15) is 11.9 Å². The average molecular weight is 229 g/mol. The number of para-hydroxylation sites is 1. The van der Waals surface area contributed by atoms with Gasteiger partial charge in [-0.2, -0.15) is 0 Å². The minimum Gasteiger partial charge on any atom is -0.486 e. The van der Waals surface area contributed by atoms with Gasteiger partial charge in [0.05, 0.1) is 17.2 Å². The van der Waals surface area contributed by atoms with Gasteiger partial charge in [-0.15, -0.1) is 0 Å². The standard InChI is InChI=1S/C11H13ClO3/c1-8(7-14-2)15-11-9(6-13)4-3-5-10(11)12/h3-6,8H,7H2,1-2H3. The van der Waals surface area contributed by atoms with E-state index in [9.17, 15) is 4.79 Å². The molecule has 0 fully saturated rings. The van der Waals surface area contributed by atoms with Crippen LogP contribution in [0.5, 0.6) is 5.75 Å². The van der Waals surface area contributed by atoms with E-state index in [1.807, 2.05) is 6.92 Å². The van der Waals surface area contributed by atoms with Gasteiger partial charge >= 0.3 is 0 Å². The van der Waals surface area contributed by atoms with Crippen LogP contribution in [0.25, 0.3) is 0 Å². The predicted octanol–water partition coefficient (Wildman–Crippen LogP) is 2.57. The number of carbonyl (C=O) groups excluding carboxylic acids is 1. The third-order valence-electron chi connectivity index (χ3n) is 1.84. The summed E-state index contributed by atoms with van der Waals surface area (Å²) < 4.78 is 10.5. The minimum absolute atomic E-state index is 0.145. The summed E-state index contributed by atoms with van der Waals surface area (Å²) in [4.78, 5) is 10.7. The van der Waals surface area contributed by atoms with Gasteiger partial charge in [0, 0.05) is 7.11 Å². The van der Waals surface area contributed by atoms with Crippen LogP contribution in [0.4, 0.5) is 0 Å². The molecule has 0 aliphatic rings. The van der Waals surface area contributed by atoms with E-state index in [4.69, 9.17) is 21.1 Å². The molecule has 0 radical (unpaired) electrons. The lowest BCUT2D eigenvalue weighted by Gasteiger charge is -2.16. The Labute approximate surface area is 93.9 Å². The van der Waals surface area contributed by atoms with Gasteiger partial charge in [-0.05, 0) is 19.1 Å². The van der Waals surface area contributed by atoms with Crippen LogP contribution in [0.15, 0.2) is 18.2 Å². The molecule has 15 heavy (non-hydrogen) atoms. The van der Waals surface area contributed by atoms with Gasteiger partial charge in [0.25, 0.3) is 0 Å². The second kappa shape index (κ2) is 5.73. The zero-order valence-electron chi connectivity index (χ0n) is 8.70. The summed E-state index contributed by atoms with van der Waals surface area (Å²) in [6.07, 6.45) is 0.578. The molecule has 3 nitrogen and oxygen atoms in total. The van der Waals surface area contributed by atoms with Crippen molar-refractivity contribution in [1.29, 1.82) is 0 Å². The van der Waals surface area contributed by atoms with Gasteiger partial charge in [-0.25, -0.2) is 0 Å². The van der Waals surface area contributed by atoms with E-state index in [-0.39, 0.29) is 6.10 Å². The molecule has 82 valence electrons. The fraction of sp³-hybridized carbons (Fsp3) is 0.364. The van der Waals surface area contributed by atoms with Crippen LogP contribution in [0.1, 0.15) is 17.3 Å². The van der Waals surface area contributed by atoms with Gasteiger partial charge < -0.3 is 9.47 Å². The lowest BCUT2D eigenvalue weighted by Crippen LogP contribution is -2.18. The van der Waals surface area contributed by atoms with Crippen LogP contribution in [0.3, 0.4) is 0 Å². The van der Waals surface area contributed by atoms with Crippen molar-refractivity contribution >= 4 is 17.9 Å². The van der Waals surface area contributed by atoms with Crippen LogP contribution >= 0.6 is 11.6 Å². The van der Waals surface area contributed by atoms with Crippen molar-refractivity contribution in [2.45, 2.75) is 13.0 Å². The Balaban J connectivity index is 2.87. The number of rotatable bonds is 5. The van der Waals surface area contributed by atoms with E-state index in [1.54, 1.807) is 25.3 Å². The molecule has 1 unspecified atom stereocenters. The first kappa shape index (κ1) is 12.0. The quantitative estimate of drug-likeness (QED) is 0.727. The molecule has 0 saturated carbocycles. The normalized spacial score (nSPS) is 12.2. The van der Waals surface area contributed by atoms with Gasteiger partial charge in [0.2, 0.25) is 0 Å². The third kappa shape index (κ3) is 3.22. The number of benzene rings is 1. The van der Waals surface area contributed by atoms with Crippen molar-refractivity contribution in [2.75, 3.05) is 13.7 Å². The van der Waals surface area contributed by atoms with Gasteiger partial charge in [-0.3, -0.25) is 4.79 Å². The highest BCUT2D eigenvalue weighted by Crippen LogP contribution is 2.28. The molecule has 4 heteroatoms. The molecule has 0 aromatic heterocycles. The monoisotopic (exact) mass is 228 g/mol. The first-order valence-corrected chi connectivity index (χ1v) is 4.96. The van der Waals surface area contributed by atoms with E-state index < -0.39 is 0 Å². The minimum atomic E-state index is -0.145. The molecule has 0 bridgehead atoms. The maximum atomic E-state index is 10.7. The average Bonchev–Trinajstić information content (AvgIpc) is 2.21. The molecule has 0 saturated heterocycles. The van der Waals surface area contributed by atoms with Crippen molar-refractivity contribution in [1.82, 2.24) is 0 Å². The van der Waals surface area contributed by atoms with Crippen LogP contribution in [-0.4, -0.2) is 26.1 Å². The molecule has 0 aliphatic carbocycles. The zero-order valence-corrected chi connectivity index (χ0v) is 9.45. The first-order valence-electron chi connectivity index (χ1n) is 4.58. The van der Waals surface area contributed by atoms with Crippen molar-refractivity contribution in [2.24, 2.45) is 0 Å². The number of hydrogen-bond acceptors (Lipinski definition) is 3. The Morgan fingerprint density at radius 3 is 2.87 bits per heavy atom. The van der Waals surface area contributed by atoms with Crippen molar-refractivity contribution in [3.63, 3.8) is 0 Å². The summed E-state index contributed by atoms with van der Waals surface area (Å²) in [7, 11) is 1.59. The van der Waals surface area contributed by atoms with Gasteiger partial charge in [-0.1, -0.05) is 17.7 Å². The summed E-state index contributed by atoms with van der Waals surface area (Å²) in [6, 6.07) is 5.05. The van der Waals surface area contributed by atoms with E-state index >= 15 is 0 Å². The van der Waals surface area contributed by atoms with E-state index in [1.165, 1.54) is 0 Å². The second-order valence-electron chi connectivity index (χ2n) is 3.16. The molecule has 1 atom stereocenters. The molecule has 0 heterocycles. The number of ether oxygens (including phenoxy) is 2. The molecule has 0 aliphatic heterocycles. The number of carbonyl (C=O) groups is 1. The molecule has 1 aromatic carbocycles. The molecule has 1 aromatic rings. The van der Waals surface area contributed by atoms with Crippen molar-refractivity contribution < 1.29 is 14.3 Å². The van der Waals surface area contributed by atoms with E-state index in [0.29, 0.717) is 22.9 Å². The molecule has 0 amide bonds. The second-order valence-corrected chi connectivity index (χ2v) is 3.57. The smallest absolute Gasteiger partial charge is 0.153 e. The van der Waals surface area contributed by atoms with Crippen LogP contribution in [-0.2, 0) is 4.74 Å². The molecular weight excluding hydrogens is 216 g/mol. The topological polar surface area (TPSA) is 35.5 Å². The number of methoxy groups -OCH3 is 1. The van der Waals surface area contributed by atoms with Crippen LogP contribution in [0.2, 0.25) is 5.02 Å². The highest BCUT2D eigenvalue weighted by molar-refractivity contribution is 6.32. The lowest BCUT2D eigenvalue weighted by atomic mass is 10.2. The van der Waals surface area contributed by atoms with E-state index in [2.05, 4.69) is 0 Å². The predicted molar refractivity (Wildman–Crippen MR) is 58.8 cm³/mol. The first-order chi connectivity index (χ1) is 7.19. The highest BCUT2D eigenvalue weighted by atomic mass is 35.5. The molecule has 0 N–H and O–H groups in total. The third-order valence-corrected chi connectivity index (χ3v) is 2.14. The Kier molecular flexibility index (Phi) is 4.59. The molecule has 1 rings (SSSR count). The fourth-order valence-corrected chi connectivity index (χ4v) is 1.44. The largest absolute Gasteiger partial charge is 0.486 e. The molecular formula is C11H13ClO3. The summed E-state index contributed by atoms with van der Waals surface area (Å²) in [5.74, 6) is 0.415. The summed E-state index contributed by atoms with van der Waals surface area (Å²) >= 11 is 5.93. The number of hydrogen-bond donors (Lipinski definition) is 0. The van der Waals surface area contributed by atoms with Crippen LogP contribution < -0.4 is 4.74 Å². The maximum absolute atomic E-state index is 10.7. The summed E-state index contributed by atoms with van der Waals surface area (Å²) in [5.41, 5.74) is 0.449. The van der Waals surface area contributed by atoms with Crippen molar-refractivity contribution in [3.05, 3.63) is 28.8 Å². The Morgan fingerprint density at radius 1 is 1.53 bits per heavy atom. The molecule has 0 spiro atoms. The SMILES string of the molecule is COCC(C)Oc1c(Cl)cccc1C=O. The summed E-state index contributed by atoms with van der Waals surface area (Å²) in [6.45, 7) is 2.30. The Morgan fingerprint density at radius 2 is 2.27 bits per heavy atom. The fourth-order valence-electron chi connectivity index (χ4n) is 1.21. The maximum Gasteiger partial charge on any atom is 0.153 e. The number of aldehydes is 1. The van der Waals surface area contributed by atoms with Gasteiger partial charge in [0.15, 0.2) is 6.29 Å².